The molecule has 0 radical (unpaired) electrons. The SMILES string of the molecule is N#Cc1cccc(NC(=O)CCSCc2nc3sc4c(c3c(=O)[nH]2)CCC4)c1. The van der Waals surface area contributed by atoms with Crippen molar-refractivity contribution < 1.29 is 4.79 Å². The number of hydrogen-bond acceptors (Lipinski definition) is 6. The van der Waals surface area contributed by atoms with Crippen molar-refractivity contribution in [3.63, 3.8) is 0 Å². The molecule has 4 rings (SSSR count). The van der Waals surface area contributed by atoms with Gasteiger partial charge in [0.15, 0.2) is 0 Å². The van der Waals surface area contributed by atoms with Crippen molar-refractivity contribution in [3.05, 3.63) is 56.4 Å². The largest absolute Gasteiger partial charge is 0.326 e. The number of carbonyl (C=O) groups is 1. The third-order valence-corrected chi connectivity index (χ3v) is 6.77. The van der Waals surface area contributed by atoms with E-state index in [-0.39, 0.29) is 11.5 Å². The van der Waals surface area contributed by atoms with E-state index >= 15 is 0 Å². The average molecular weight is 411 g/mol. The van der Waals surface area contributed by atoms with E-state index in [1.807, 2.05) is 0 Å². The first kappa shape index (κ1) is 18.7. The number of nitrogens with zero attached hydrogens (tertiary/aromatic N) is 2. The lowest BCUT2D eigenvalue weighted by Crippen LogP contribution is -2.13. The molecule has 142 valence electrons. The van der Waals surface area contributed by atoms with E-state index < -0.39 is 0 Å². The Labute approximate surface area is 170 Å². The summed E-state index contributed by atoms with van der Waals surface area (Å²) >= 11 is 3.20. The molecule has 2 N–H and O–H groups in total. The molecule has 0 aliphatic heterocycles. The fourth-order valence-corrected chi connectivity index (χ4v) is 5.42. The van der Waals surface area contributed by atoms with Crippen molar-refractivity contribution in [2.45, 2.75) is 31.4 Å². The van der Waals surface area contributed by atoms with Gasteiger partial charge < -0.3 is 10.3 Å². The maximum Gasteiger partial charge on any atom is 0.259 e. The monoisotopic (exact) mass is 410 g/mol. The summed E-state index contributed by atoms with van der Waals surface area (Å²) in [6.45, 7) is 0. The van der Waals surface area contributed by atoms with Crippen LogP contribution in [0.1, 0.15) is 34.7 Å². The van der Waals surface area contributed by atoms with Crippen LogP contribution in [0.25, 0.3) is 10.2 Å². The highest BCUT2D eigenvalue weighted by Crippen LogP contribution is 2.34. The molecule has 1 aromatic carbocycles. The number of aromatic amines is 1. The molecule has 2 heterocycles. The Bertz CT molecular complexity index is 1140. The Balaban J connectivity index is 1.31. The van der Waals surface area contributed by atoms with Crippen LogP contribution in [0.5, 0.6) is 0 Å². The first-order valence-electron chi connectivity index (χ1n) is 9.05. The third-order valence-electron chi connectivity index (χ3n) is 4.61. The van der Waals surface area contributed by atoms with Crippen LogP contribution >= 0.6 is 23.1 Å². The molecule has 3 aromatic rings. The van der Waals surface area contributed by atoms with Gasteiger partial charge in [0.05, 0.1) is 22.8 Å². The van der Waals surface area contributed by atoms with Crippen molar-refractivity contribution >= 4 is 44.9 Å². The van der Waals surface area contributed by atoms with E-state index in [2.05, 4.69) is 21.4 Å². The van der Waals surface area contributed by atoms with E-state index in [0.717, 1.165) is 29.5 Å². The molecular weight excluding hydrogens is 392 g/mol. The molecule has 1 aliphatic carbocycles. The highest BCUT2D eigenvalue weighted by atomic mass is 32.2. The molecule has 1 amide bonds. The molecule has 2 aromatic heterocycles. The topological polar surface area (TPSA) is 98.6 Å². The molecule has 0 atom stereocenters. The Morgan fingerprint density at radius 2 is 2.29 bits per heavy atom. The number of anilines is 1. The number of carbonyl (C=O) groups excluding carboxylic acids is 1. The zero-order chi connectivity index (χ0) is 19.5. The van der Waals surface area contributed by atoms with Gasteiger partial charge in [-0.3, -0.25) is 9.59 Å². The second-order valence-electron chi connectivity index (χ2n) is 6.59. The van der Waals surface area contributed by atoms with Gasteiger partial charge in [-0.1, -0.05) is 6.07 Å². The number of amides is 1. The molecular formula is C20H18N4O2S2. The van der Waals surface area contributed by atoms with E-state index in [1.54, 1.807) is 47.4 Å². The quantitative estimate of drug-likeness (QED) is 0.605. The van der Waals surface area contributed by atoms with Crippen molar-refractivity contribution in [3.8, 4) is 6.07 Å². The van der Waals surface area contributed by atoms with Gasteiger partial charge in [-0.05, 0) is 43.0 Å². The minimum Gasteiger partial charge on any atom is -0.326 e. The van der Waals surface area contributed by atoms with Gasteiger partial charge in [0.2, 0.25) is 5.91 Å². The fraction of sp³-hybridized carbons (Fsp3) is 0.300. The number of rotatable bonds is 6. The Kier molecular flexibility index (Phi) is 5.46. The minimum atomic E-state index is -0.103. The van der Waals surface area contributed by atoms with Gasteiger partial charge in [0.25, 0.3) is 5.56 Å². The van der Waals surface area contributed by atoms with E-state index in [9.17, 15) is 9.59 Å². The Morgan fingerprint density at radius 3 is 3.14 bits per heavy atom. The number of H-pyrrole nitrogens is 1. The van der Waals surface area contributed by atoms with Gasteiger partial charge in [0, 0.05) is 22.7 Å². The highest BCUT2D eigenvalue weighted by molar-refractivity contribution is 7.98. The number of nitrogens with one attached hydrogen (secondary N) is 2. The van der Waals surface area contributed by atoms with Crippen molar-refractivity contribution in [1.82, 2.24) is 9.97 Å². The number of benzene rings is 1. The Hall–Kier alpha value is -2.63. The number of fused-ring (bicyclic) bond motifs is 3. The Morgan fingerprint density at radius 1 is 1.39 bits per heavy atom. The second kappa shape index (κ2) is 8.17. The number of thioether (sulfide) groups is 1. The zero-order valence-electron chi connectivity index (χ0n) is 15.1. The molecule has 28 heavy (non-hydrogen) atoms. The van der Waals surface area contributed by atoms with Crippen LogP contribution in [-0.2, 0) is 23.4 Å². The van der Waals surface area contributed by atoms with Gasteiger partial charge in [0.1, 0.15) is 10.7 Å². The molecule has 0 unspecified atom stereocenters. The molecule has 6 nitrogen and oxygen atoms in total. The summed E-state index contributed by atoms with van der Waals surface area (Å²) in [7, 11) is 0. The fourth-order valence-electron chi connectivity index (χ4n) is 3.34. The van der Waals surface area contributed by atoms with Gasteiger partial charge in [-0.25, -0.2) is 4.98 Å². The van der Waals surface area contributed by atoms with Crippen LogP contribution in [0, 0.1) is 11.3 Å². The average Bonchev–Trinajstić information content (AvgIpc) is 3.26. The number of aromatic nitrogens is 2. The number of thiophene rings is 1. The summed E-state index contributed by atoms with van der Waals surface area (Å²) < 4.78 is 0. The first-order valence-corrected chi connectivity index (χ1v) is 11.0. The number of aryl methyl sites for hydroxylation is 2. The smallest absolute Gasteiger partial charge is 0.259 e. The molecule has 1 aliphatic rings. The molecule has 0 bridgehead atoms. The number of hydrogen-bond donors (Lipinski definition) is 2. The van der Waals surface area contributed by atoms with Crippen LogP contribution in [0.2, 0.25) is 0 Å². The second-order valence-corrected chi connectivity index (χ2v) is 8.78. The predicted molar refractivity (Wildman–Crippen MR) is 113 cm³/mol. The zero-order valence-corrected chi connectivity index (χ0v) is 16.7. The van der Waals surface area contributed by atoms with Crippen molar-refractivity contribution in [1.29, 1.82) is 5.26 Å². The lowest BCUT2D eigenvalue weighted by atomic mass is 10.2. The van der Waals surface area contributed by atoms with Crippen LogP contribution in [-0.4, -0.2) is 21.6 Å². The van der Waals surface area contributed by atoms with E-state index in [0.29, 0.717) is 35.0 Å². The van der Waals surface area contributed by atoms with Crippen molar-refractivity contribution in [2.24, 2.45) is 0 Å². The lowest BCUT2D eigenvalue weighted by Gasteiger charge is -2.05. The molecule has 0 saturated carbocycles. The van der Waals surface area contributed by atoms with Crippen LogP contribution < -0.4 is 10.9 Å². The molecule has 0 spiro atoms. The lowest BCUT2D eigenvalue weighted by molar-refractivity contribution is -0.115. The first-order chi connectivity index (χ1) is 13.6. The predicted octanol–water partition coefficient (Wildman–Crippen LogP) is 3.61. The molecule has 8 heteroatoms. The highest BCUT2D eigenvalue weighted by Gasteiger charge is 2.21. The number of nitriles is 1. The van der Waals surface area contributed by atoms with Crippen LogP contribution in [0.15, 0.2) is 29.1 Å². The maximum absolute atomic E-state index is 12.4. The minimum absolute atomic E-state index is 0.0462. The summed E-state index contributed by atoms with van der Waals surface area (Å²) in [4.78, 5) is 34.1. The van der Waals surface area contributed by atoms with E-state index in [4.69, 9.17) is 5.26 Å². The summed E-state index contributed by atoms with van der Waals surface area (Å²) in [5.74, 6) is 1.73. The summed E-state index contributed by atoms with van der Waals surface area (Å²) in [6.07, 6.45) is 3.49. The van der Waals surface area contributed by atoms with E-state index in [1.165, 1.54) is 10.4 Å². The standard InChI is InChI=1S/C20H18N4O2S2/c21-10-12-3-1-4-13(9-12)22-17(25)7-8-27-11-16-23-19(26)18-14-5-2-6-15(14)28-20(18)24-16/h1,3-4,9H,2,5-8,11H2,(H,22,25)(H,23,24,26). The van der Waals surface area contributed by atoms with Crippen LogP contribution in [0.4, 0.5) is 5.69 Å². The van der Waals surface area contributed by atoms with Gasteiger partial charge in [-0.15, -0.1) is 11.3 Å². The van der Waals surface area contributed by atoms with Crippen LogP contribution in [0.3, 0.4) is 0 Å². The third kappa shape index (κ3) is 3.96. The summed E-state index contributed by atoms with van der Waals surface area (Å²) in [5.41, 5.74) is 2.27. The van der Waals surface area contributed by atoms with Gasteiger partial charge in [-0.2, -0.15) is 17.0 Å². The van der Waals surface area contributed by atoms with Crippen molar-refractivity contribution in [2.75, 3.05) is 11.1 Å². The molecule has 0 saturated heterocycles. The van der Waals surface area contributed by atoms with Gasteiger partial charge >= 0.3 is 0 Å². The maximum atomic E-state index is 12.4. The normalized spacial score (nSPS) is 12.7. The summed E-state index contributed by atoms with van der Waals surface area (Å²) in [5, 5.41) is 12.5. The summed E-state index contributed by atoms with van der Waals surface area (Å²) in [6, 6.07) is 8.88. The molecule has 0 fully saturated rings.